The lowest BCUT2D eigenvalue weighted by atomic mass is 10.0. The number of benzene rings is 2. The van der Waals surface area contributed by atoms with Crippen molar-refractivity contribution < 1.29 is 5.11 Å². The first-order valence-corrected chi connectivity index (χ1v) is 7.10. The van der Waals surface area contributed by atoms with Gasteiger partial charge in [0.2, 0.25) is 0 Å². The summed E-state index contributed by atoms with van der Waals surface area (Å²) in [4.78, 5) is 4.51. The number of aliphatic hydroxyl groups is 1. The van der Waals surface area contributed by atoms with Crippen LogP contribution in [0.4, 0.5) is 0 Å². The Labute approximate surface area is 120 Å². The largest absolute Gasteiger partial charge is 0.388 e. The highest BCUT2D eigenvalue weighted by Crippen LogP contribution is 2.26. The average Bonchev–Trinajstić information content (AvgIpc) is 2.89. The van der Waals surface area contributed by atoms with Gasteiger partial charge in [0.1, 0.15) is 0 Å². The molecule has 1 heterocycles. The maximum atomic E-state index is 10.3. The molecule has 0 radical (unpaired) electrons. The zero-order chi connectivity index (χ0) is 13.9. The van der Waals surface area contributed by atoms with Gasteiger partial charge in [-0.2, -0.15) is 5.26 Å². The van der Waals surface area contributed by atoms with E-state index in [9.17, 15) is 5.11 Å². The van der Waals surface area contributed by atoms with Crippen LogP contribution in [-0.4, -0.2) is 10.1 Å². The predicted molar refractivity (Wildman–Crippen MR) is 79.4 cm³/mol. The van der Waals surface area contributed by atoms with Crippen molar-refractivity contribution in [3.63, 3.8) is 0 Å². The van der Waals surface area contributed by atoms with Crippen LogP contribution in [0.3, 0.4) is 0 Å². The third kappa shape index (κ3) is 2.55. The van der Waals surface area contributed by atoms with Gasteiger partial charge in [-0.25, -0.2) is 4.98 Å². The summed E-state index contributed by atoms with van der Waals surface area (Å²) in [5.41, 5.74) is 2.28. The van der Waals surface area contributed by atoms with Crippen LogP contribution in [0, 0.1) is 11.3 Å². The number of hydrogen-bond acceptors (Lipinski definition) is 4. The first-order chi connectivity index (χ1) is 9.76. The van der Waals surface area contributed by atoms with Crippen molar-refractivity contribution in [2.75, 3.05) is 0 Å². The molecule has 3 aromatic rings. The second-order valence-corrected chi connectivity index (χ2v) is 5.65. The molecule has 0 aliphatic rings. The maximum Gasteiger partial charge on any atom is 0.0991 e. The van der Waals surface area contributed by atoms with E-state index in [0.29, 0.717) is 12.0 Å². The Hall–Kier alpha value is -2.22. The Morgan fingerprint density at radius 1 is 1.20 bits per heavy atom. The van der Waals surface area contributed by atoms with E-state index in [0.717, 1.165) is 20.8 Å². The van der Waals surface area contributed by atoms with E-state index in [4.69, 9.17) is 5.26 Å². The molecule has 0 bridgehead atoms. The summed E-state index contributed by atoms with van der Waals surface area (Å²) >= 11 is 1.59. The molecule has 0 spiro atoms. The third-order valence-electron chi connectivity index (χ3n) is 3.11. The van der Waals surface area contributed by atoms with Crippen LogP contribution >= 0.6 is 11.3 Å². The first-order valence-electron chi connectivity index (χ1n) is 6.29. The number of thiazole rings is 1. The molecule has 3 rings (SSSR count). The standard InChI is InChI=1S/C16H12N2OS/c17-10-11-4-3-5-12(8-11)14(19)9-16-18-13-6-1-2-7-15(13)20-16/h1-8,14,19H,9H2. The molecule has 2 aromatic carbocycles. The lowest BCUT2D eigenvalue weighted by Crippen LogP contribution is -2.01. The van der Waals surface area contributed by atoms with E-state index >= 15 is 0 Å². The third-order valence-corrected chi connectivity index (χ3v) is 4.17. The monoisotopic (exact) mass is 280 g/mol. The molecule has 20 heavy (non-hydrogen) atoms. The molecular formula is C16H12N2OS. The minimum absolute atomic E-state index is 0.466. The topological polar surface area (TPSA) is 56.9 Å². The molecule has 1 N–H and O–H groups in total. The molecule has 0 fully saturated rings. The zero-order valence-electron chi connectivity index (χ0n) is 10.7. The number of aliphatic hydroxyl groups excluding tert-OH is 1. The predicted octanol–water partition coefficient (Wildman–Crippen LogP) is 3.44. The van der Waals surface area contributed by atoms with Crippen molar-refractivity contribution in [3.8, 4) is 6.07 Å². The Morgan fingerprint density at radius 3 is 2.85 bits per heavy atom. The van der Waals surface area contributed by atoms with Gasteiger partial charge < -0.3 is 5.11 Å². The smallest absolute Gasteiger partial charge is 0.0991 e. The molecule has 1 atom stereocenters. The van der Waals surface area contributed by atoms with Crippen LogP contribution in [0.5, 0.6) is 0 Å². The van der Waals surface area contributed by atoms with E-state index < -0.39 is 6.10 Å². The van der Waals surface area contributed by atoms with Gasteiger partial charge in [0.25, 0.3) is 0 Å². The fourth-order valence-corrected chi connectivity index (χ4v) is 3.11. The van der Waals surface area contributed by atoms with Crippen LogP contribution < -0.4 is 0 Å². The quantitative estimate of drug-likeness (QED) is 0.799. The van der Waals surface area contributed by atoms with Gasteiger partial charge in [0, 0.05) is 6.42 Å². The van der Waals surface area contributed by atoms with Crippen molar-refractivity contribution in [3.05, 3.63) is 64.7 Å². The van der Waals surface area contributed by atoms with Crippen LogP contribution in [0.25, 0.3) is 10.2 Å². The minimum Gasteiger partial charge on any atom is -0.388 e. The Bertz CT molecular complexity index is 755. The molecule has 0 saturated carbocycles. The fourth-order valence-electron chi connectivity index (χ4n) is 2.11. The zero-order valence-corrected chi connectivity index (χ0v) is 11.5. The Balaban J connectivity index is 1.84. The highest BCUT2D eigenvalue weighted by atomic mass is 32.1. The summed E-state index contributed by atoms with van der Waals surface area (Å²) < 4.78 is 1.13. The van der Waals surface area contributed by atoms with Gasteiger partial charge >= 0.3 is 0 Å². The molecule has 0 aliphatic heterocycles. The first kappa shape index (κ1) is 12.8. The van der Waals surface area contributed by atoms with Gasteiger partial charge in [-0.1, -0.05) is 24.3 Å². The number of para-hydroxylation sites is 1. The van der Waals surface area contributed by atoms with E-state index in [1.165, 1.54) is 0 Å². The van der Waals surface area contributed by atoms with Crippen LogP contribution in [-0.2, 0) is 6.42 Å². The highest BCUT2D eigenvalue weighted by molar-refractivity contribution is 7.18. The van der Waals surface area contributed by atoms with Gasteiger partial charge in [-0.15, -0.1) is 11.3 Å². The van der Waals surface area contributed by atoms with Crippen molar-refractivity contribution in [1.82, 2.24) is 4.98 Å². The van der Waals surface area contributed by atoms with Gasteiger partial charge in [-0.05, 0) is 29.8 Å². The normalized spacial score (nSPS) is 12.2. The van der Waals surface area contributed by atoms with Gasteiger partial charge in [-0.3, -0.25) is 0 Å². The van der Waals surface area contributed by atoms with Crippen LogP contribution in [0.15, 0.2) is 48.5 Å². The second-order valence-electron chi connectivity index (χ2n) is 4.53. The summed E-state index contributed by atoms with van der Waals surface area (Å²) in [5.74, 6) is 0. The number of fused-ring (bicyclic) bond motifs is 1. The maximum absolute atomic E-state index is 10.3. The SMILES string of the molecule is N#Cc1cccc(C(O)Cc2nc3ccccc3s2)c1. The molecular weight excluding hydrogens is 268 g/mol. The summed E-state index contributed by atoms with van der Waals surface area (Å²) in [7, 11) is 0. The summed E-state index contributed by atoms with van der Waals surface area (Å²) in [6, 6.07) is 17.1. The molecule has 3 nitrogen and oxygen atoms in total. The van der Waals surface area contributed by atoms with E-state index in [1.54, 1.807) is 29.5 Å². The molecule has 4 heteroatoms. The molecule has 98 valence electrons. The average molecular weight is 280 g/mol. The fraction of sp³-hybridized carbons (Fsp3) is 0.125. The lowest BCUT2D eigenvalue weighted by Gasteiger charge is -2.09. The molecule has 0 amide bonds. The van der Waals surface area contributed by atoms with E-state index in [1.807, 2.05) is 30.3 Å². The summed E-state index contributed by atoms with van der Waals surface area (Å²) in [5, 5.41) is 20.1. The number of rotatable bonds is 3. The molecule has 1 aromatic heterocycles. The molecule has 0 saturated heterocycles. The van der Waals surface area contributed by atoms with Gasteiger partial charge in [0.05, 0.1) is 33.0 Å². The number of hydrogen-bond donors (Lipinski definition) is 1. The minimum atomic E-state index is -0.635. The van der Waals surface area contributed by atoms with E-state index in [-0.39, 0.29) is 0 Å². The second kappa shape index (κ2) is 5.41. The highest BCUT2D eigenvalue weighted by Gasteiger charge is 2.12. The summed E-state index contributed by atoms with van der Waals surface area (Å²) in [6.07, 6.45) is -0.169. The van der Waals surface area contributed by atoms with Crippen LogP contribution in [0.1, 0.15) is 22.2 Å². The number of nitrogens with zero attached hydrogens (tertiary/aromatic N) is 2. The van der Waals surface area contributed by atoms with Crippen molar-refractivity contribution in [1.29, 1.82) is 5.26 Å². The van der Waals surface area contributed by atoms with Crippen molar-refractivity contribution in [2.45, 2.75) is 12.5 Å². The molecule has 0 aliphatic carbocycles. The lowest BCUT2D eigenvalue weighted by molar-refractivity contribution is 0.178. The number of nitriles is 1. The van der Waals surface area contributed by atoms with E-state index in [2.05, 4.69) is 11.1 Å². The summed E-state index contributed by atoms with van der Waals surface area (Å²) in [6.45, 7) is 0. The Morgan fingerprint density at radius 2 is 2.05 bits per heavy atom. The van der Waals surface area contributed by atoms with Crippen LogP contribution in [0.2, 0.25) is 0 Å². The van der Waals surface area contributed by atoms with Crippen molar-refractivity contribution >= 4 is 21.6 Å². The molecule has 1 unspecified atom stereocenters. The van der Waals surface area contributed by atoms with Crippen molar-refractivity contribution in [2.24, 2.45) is 0 Å². The van der Waals surface area contributed by atoms with Gasteiger partial charge in [0.15, 0.2) is 0 Å². The Kier molecular flexibility index (Phi) is 3.46. The number of aromatic nitrogens is 1.